The second kappa shape index (κ2) is 10.6. The predicted molar refractivity (Wildman–Crippen MR) is 106 cm³/mol. The highest BCUT2D eigenvalue weighted by atomic mass is 16.5. The molecule has 2 N–H and O–H groups in total. The first-order chi connectivity index (χ1) is 15.0. The summed E-state index contributed by atoms with van der Waals surface area (Å²) < 4.78 is 6.34. The van der Waals surface area contributed by atoms with Crippen LogP contribution in [0.1, 0.15) is 23.4 Å². The number of ether oxygens (including phenoxy) is 1. The molecule has 0 fully saturated rings. The number of pyridine rings is 1. The van der Waals surface area contributed by atoms with Gasteiger partial charge in [-0.3, -0.25) is 14.6 Å². The van der Waals surface area contributed by atoms with Gasteiger partial charge in [0, 0.05) is 18.8 Å². The molecule has 1 unspecified atom stereocenters. The SMILES string of the molecule is O=C(O)CC(NC(=O)OCc1ccccc1)C(=O)Cn1nnnc1Cc1cccnc1. The zero-order chi connectivity index (χ0) is 22.1. The topological polar surface area (TPSA) is 149 Å². The van der Waals surface area contributed by atoms with Crippen LogP contribution in [0, 0.1) is 0 Å². The van der Waals surface area contributed by atoms with Crippen LogP contribution < -0.4 is 5.32 Å². The molecule has 0 aliphatic heterocycles. The maximum atomic E-state index is 12.7. The van der Waals surface area contributed by atoms with Crippen molar-refractivity contribution in [3.63, 3.8) is 0 Å². The van der Waals surface area contributed by atoms with Gasteiger partial charge in [0.2, 0.25) is 0 Å². The third kappa shape index (κ3) is 6.70. The first-order valence-electron chi connectivity index (χ1n) is 9.37. The van der Waals surface area contributed by atoms with Gasteiger partial charge >= 0.3 is 12.1 Å². The lowest BCUT2D eigenvalue weighted by molar-refractivity contribution is -0.139. The Bertz CT molecular complexity index is 1020. The molecular formula is C20H20N6O5. The number of hydrogen-bond donors (Lipinski definition) is 2. The van der Waals surface area contributed by atoms with E-state index in [9.17, 15) is 14.4 Å². The van der Waals surface area contributed by atoms with Gasteiger partial charge in [0.25, 0.3) is 0 Å². The molecule has 2 aromatic heterocycles. The van der Waals surface area contributed by atoms with Gasteiger partial charge in [-0.1, -0.05) is 36.4 Å². The second-order valence-electron chi connectivity index (χ2n) is 6.61. The molecule has 3 aromatic rings. The van der Waals surface area contributed by atoms with Crippen LogP contribution in [-0.4, -0.2) is 54.2 Å². The Labute approximate surface area is 177 Å². The molecule has 0 saturated heterocycles. The maximum absolute atomic E-state index is 12.7. The Kier molecular flexibility index (Phi) is 7.35. The third-order valence-corrected chi connectivity index (χ3v) is 4.27. The molecule has 1 aromatic carbocycles. The molecule has 0 bridgehead atoms. The summed E-state index contributed by atoms with van der Waals surface area (Å²) in [5.74, 6) is -1.41. The van der Waals surface area contributed by atoms with Crippen molar-refractivity contribution in [2.45, 2.75) is 32.0 Å². The van der Waals surface area contributed by atoms with Crippen molar-refractivity contribution in [1.29, 1.82) is 0 Å². The number of carboxylic acid groups (broad SMARTS) is 1. The van der Waals surface area contributed by atoms with Crippen molar-refractivity contribution in [2.24, 2.45) is 0 Å². The number of aliphatic carboxylic acids is 1. The van der Waals surface area contributed by atoms with Crippen molar-refractivity contribution in [1.82, 2.24) is 30.5 Å². The van der Waals surface area contributed by atoms with E-state index in [0.29, 0.717) is 12.2 Å². The van der Waals surface area contributed by atoms with Crippen LogP contribution in [0.4, 0.5) is 4.79 Å². The number of nitrogens with one attached hydrogen (secondary N) is 1. The highest BCUT2D eigenvalue weighted by Crippen LogP contribution is 2.07. The zero-order valence-electron chi connectivity index (χ0n) is 16.4. The number of Topliss-reactive ketones (excluding diaryl/α,β-unsaturated/α-hetero) is 1. The van der Waals surface area contributed by atoms with Crippen LogP contribution in [0.2, 0.25) is 0 Å². The number of hydrogen-bond acceptors (Lipinski definition) is 8. The van der Waals surface area contributed by atoms with E-state index >= 15 is 0 Å². The Morgan fingerprint density at radius 3 is 2.58 bits per heavy atom. The molecule has 1 amide bonds. The van der Waals surface area contributed by atoms with Gasteiger partial charge in [0.15, 0.2) is 11.6 Å². The fraction of sp³-hybridized carbons (Fsp3) is 0.250. The number of carbonyl (C=O) groups is 3. The lowest BCUT2D eigenvalue weighted by Gasteiger charge is -2.16. The van der Waals surface area contributed by atoms with E-state index < -0.39 is 30.3 Å². The van der Waals surface area contributed by atoms with Crippen LogP contribution in [0.15, 0.2) is 54.9 Å². The van der Waals surface area contributed by atoms with Gasteiger partial charge in [-0.25, -0.2) is 9.48 Å². The number of amides is 1. The largest absolute Gasteiger partial charge is 0.481 e. The number of aromatic nitrogens is 5. The summed E-state index contributed by atoms with van der Waals surface area (Å²) in [5, 5.41) is 22.7. The predicted octanol–water partition coefficient (Wildman–Crippen LogP) is 0.998. The fourth-order valence-electron chi connectivity index (χ4n) is 2.74. The average Bonchev–Trinajstić information content (AvgIpc) is 3.19. The summed E-state index contributed by atoms with van der Waals surface area (Å²) >= 11 is 0. The van der Waals surface area contributed by atoms with Gasteiger partial charge in [0.05, 0.1) is 6.42 Å². The van der Waals surface area contributed by atoms with E-state index in [2.05, 4.69) is 25.8 Å². The Balaban J connectivity index is 1.61. The van der Waals surface area contributed by atoms with Crippen LogP contribution in [0.3, 0.4) is 0 Å². The highest BCUT2D eigenvalue weighted by Gasteiger charge is 2.26. The monoisotopic (exact) mass is 424 g/mol. The van der Waals surface area contributed by atoms with Gasteiger partial charge in [-0.05, 0) is 27.6 Å². The van der Waals surface area contributed by atoms with Gasteiger partial charge in [-0.2, -0.15) is 0 Å². The molecule has 31 heavy (non-hydrogen) atoms. The first kappa shape index (κ1) is 21.6. The van der Waals surface area contributed by atoms with Crippen LogP contribution >= 0.6 is 0 Å². The summed E-state index contributed by atoms with van der Waals surface area (Å²) in [6, 6.07) is 11.3. The number of nitrogens with zero attached hydrogens (tertiary/aromatic N) is 5. The Hall–Kier alpha value is -4.15. The van der Waals surface area contributed by atoms with E-state index in [-0.39, 0.29) is 13.2 Å². The highest BCUT2D eigenvalue weighted by molar-refractivity contribution is 5.90. The number of ketones is 1. The van der Waals surface area contributed by atoms with Crippen molar-refractivity contribution < 1.29 is 24.2 Å². The molecule has 11 heteroatoms. The molecule has 2 heterocycles. The molecule has 1 atom stereocenters. The molecular weight excluding hydrogens is 404 g/mol. The third-order valence-electron chi connectivity index (χ3n) is 4.27. The first-order valence-corrected chi connectivity index (χ1v) is 9.37. The maximum Gasteiger partial charge on any atom is 0.408 e. The minimum atomic E-state index is -1.30. The minimum Gasteiger partial charge on any atom is -0.481 e. The average molecular weight is 424 g/mol. The lowest BCUT2D eigenvalue weighted by atomic mass is 10.1. The quantitative estimate of drug-likeness (QED) is 0.486. The fourth-order valence-corrected chi connectivity index (χ4v) is 2.74. The van der Waals surface area contributed by atoms with Crippen molar-refractivity contribution in [3.8, 4) is 0 Å². The van der Waals surface area contributed by atoms with E-state index in [1.807, 2.05) is 12.1 Å². The van der Waals surface area contributed by atoms with Gasteiger partial charge in [0.1, 0.15) is 19.2 Å². The number of tetrazole rings is 1. The molecule has 160 valence electrons. The lowest BCUT2D eigenvalue weighted by Crippen LogP contribution is -2.44. The number of carbonyl (C=O) groups excluding carboxylic acids is 2. The molecule has 0 saturated carbocycles. The molecule has 0 spiro atoms. The summed E-state index contributed by atoms with van der Waals surface area (Å²) in [7, 11) is 0. The van der Waals surface area contributed by atoms with Crippen molar-refractivity contribution in [3.05, 3.63) is 71.8 Å². The number of carboxylic acids is 1. The smallest absolute Gasteiger partial charge is 0.408 e. The Morgan fingerprint density at radius 2 is 1.87 bits per heavy atom. The molecule has 11 nitrogen and oxygen atoms in total. The van der Waals surface area contributed by atoms with E-state index in [1.165, 1.54) is 4.68 Å². The van der Waals surface area contributed by atoms with Crippen molar-refractivity contribution >= 4 is 17.8 Å². The Morgan fingerprint density at radius 1 is 1.10 bits per heavy atom. The molecule has 0 aliphatic carbocycles. The van der Waals surface area contributed by atoms with Gasteiger partial charge < -0.3 is 15.2 Å². The van der Waals surface area contributed by atoms with Crippen molar-refractivity contribution in [2.75, 3.05) is 0 Å². The normalized spacial score (nSPS) is 11.5. The summed E-state index contributed by atoms with van der Waals surface area (Å²) in [4.78, 5) is 40.0. The summed E-state index contributed by atoms with van der Waals surface area (Å²) in [5.41, 5.74) is 1.60. The number of alkyl carbamates (subject to hydrolysis) is 1. The number of rotatable bonds is 10. The second-order valence-corrected chi connectivity index (χ2v) is 6.61. The minimum absolute atomic E-state index is 0.0110. The number of benzene rings is 1. The van der Waals surface area contributed by atoms with E-state index in [4.69, 9.17) is 9.84 Å². The van der Waals surface area contributed by atoms with Crippen LogP contribution in [-0.2, 0) is 33.9 Å². The van der Waals surface area contributed by atoms with Gasteiger partial charge in [-0.15, -0.1) is 5.10 Å². The van der Waals surface area contributed by atoms with Crippen LogP contribution in [0.5, 0.6) is 0 Å². The molecule has 0 radical (unpaired) electrons. The van der Waals surface area contributed by atoms with E-state index in [0.717, 1.165) is 11.1 Å². The standard InChI is InChI=1S/C20H20N6O5/c27-17(12-26-18(23-24-25-26)9-15-7-4-8-21-11-15)16(10-19(28)29)22-20(30)31-13-14-5-2-1-3-6-14/h1-8,11,16H,9-10,12-13H2,(H,22,30)(H,28,29). The molecule has 3 rings (SSSR count). The zero-order valence-corrected chi connectivity index (χ0v) is 16.4. The van der Waals surface area contributed by atoms with E-state index in [1.54, 1.807) is 42.7 Å². The van der Waals surface area contributed by atoms with Crippen LogP contribution in [0.25, 0.3) is 0 Å². The summed E-state index contributed by atoms with van der Waals surface area (Å²) in [6.07, 6.45) is 2.13. The molecule has 0 aliphatic rings. The summed E-state index contributed by atoms with van der Waals surface area (Å²) in [6.45, 7) is -0.317.